The van der Waals surface area contributed by atoms with Gasteiger partial charge in [-0.15, -0.1) is 0 Å². The van der Waals surface area contributed by atoms with E-state index in [2.05, 4.69) is 4.98 Å². The van der Waals surface area contributed by atoms with Crippen molar-refractivity contribution in [1.82, 2.24) is 9.88 Å². The molecule has 0 bridgehead atoms. The van der Waals surface area contributed by atoms with E-state index in [1.165, 1.54) is 11.0 Å². The lowest BCUT2D eigenvalue weighted by Gasteiger charge is -2.04. The Morgan fingerprint density at radius 3 is 2.85 bits per heavy atom. The Morgan fingerprint density at radius 1 is 1.54 bits per heavy atom. The van der Waals surface area contributed by atoms with E-state index in [1.807, 2.05) is 12.1 Å². The van der Waals surface area contributed by atoms with Gasteiger partial charge in [0.2, 0.25) is 5.91 Å². The maximum Gasteiger partial charge on any atom is 0.246 e. The number of carbonyl (C=O) groups excluding carboxylic acids is 1. The molecule has 1 aromatic heterocycles. The second-order valence-electron chi connectivity index (χ2n) is 2.85. The zero-order chi connectivity index (χ0) is 9.68. The fourth-order valence-electron chi connectivity index (χ4n) is 0.791. The Kier molecular flexibility index (Phi) is 3.20. The fourth-order valence-corrected chi connectivity index (χ4v) is 0.791. The molecule has 1 aromatic rings. The van der Waals surface area contributed by atoms with Crippen LogP contribution in [0.2, 0.25) is 0 Å². The van der Waals surface area contributed by atoms with Crippen LogP contribution >= 0.6 is 0 Å². The summed E-state index contributed by atoms with van der Waals surface area (Å²) in [7, 11) is 3.44. The van der Waals surface area contributed by atoms with Gasteiger partial charge in [-0.3, -0.25) is 9.78 Å². The van der Waals surface area contributed by atoms with Crippen molar-refractivity contribution in [3.63, 3.8) is 0 Å². The average molecular weight is 176 g/mol. The van der Waals surface area contributed by atoms with Gasteiger partial charge in [-0.05, 0) is 17.7 Å². The highest BCUT2D eigenvalue weighted by Crippen LogP contribution is 1.98. The first-order valence-corrected chi connectivity index (χ1v) is 3.99. The highest BCUT2D eigenvalue weighted by atomic mass is 16.2. The SMILES string of the molecule is CN(C)C(=O)C=Cc1cccnc1. The highest BCUT2D eigenvalue weighted by molar-refractivity contribution is 5.91. The van der Waals surface area contributed by atoms with Gasteiger partial charge in [-0.25, -0.2) is 0 Å². The van der Waals surface area contributed by atoms with Crippen LogP contribution in [0.3, 0.4) is 0 Å². The molecule has 1 rings (SSSR count). The molecule has 0 unspecified atom stereocenters. The molecule has 0 aliphatic carbocycles. The highest BCUT2D eigenvalue weighted by Gasteiger charge is 1.95. The molecule has 0 aliphatic rings. The van der Waals surface area contributed by atoms with E-state index >= 15 is 0 Å². The lowest BCUT2D eigenvalue weighted by molar-refractivity contribution is -0.123. The van der Waals surface area contributed by atoms with Crippen molar-refractivity contribution in [3.8, 4) is 0 Å². The molecule has 0 N–H and O–H groups in total. The van der Waals surface area contributed by atoms with E-state index in [4.69, 9.17) is 0 Å². The van der Waals surface area contributed by atoms with Crippen molar-refractivity contribution in [2.24, 2.45) is 0 Å². The molecule has 1 heterocycles. The minimum Gasteiger partial charge on any atom is -0.345 e. The lowest BCUT2D eigenvalue weighted by atomic mass is 10.2. The van der Waals surface area contributed by atoms with Crippen molar-refractivity contribution in [3.05, 3.63) is 36.2 Å². The minimum atomic E-state index is -0.0242. The van der Waals surface area contributed by atoms with Gasteiger partial charge in [0.25, 0.3) is 0 Å². The molecule has 13 heavy (non-hydrogen) atoms. The summed E-state index contributed by atoms with van der Waals surface area (Å²) < 4.78 is 0. The largest absolute Gasteiger partial charge is 0.345 e. The van der Waals surface area contributed by atoms with Gasteiger partial charge < -0.3 is 4.90 Å². The summed E-state index contributed by atoms with van der Waals surface area (Å²) in [6.45, 7) is 0. The first-order valence-electron chi connectivity index (χ1n) is 3.99. The monoisotopic (exact) mass is 176 g/mol. The molecule has 0 saturated carbocycles. The minimum absolute atomic E-state index is 0.0242. The van der Waals surface area contributed by atoms with Crippen LogP contribution in [0, 0.1) is 0 Å². The van der Waals surface area contributed by atoms with Gasteiger partial charge in [0.1, 0.15) is 0 Å². The zero-order valence-electron chi connectivity index (χ0n) is 7.77. The van der Waals surface area contributed by atoms with Crippen molar-refractivity contribution in [2.75, 3.05) is 14.1 Å². The number of carbonyl (C=O) groups is 1. The predicted octanol–water partition coefficient (Wildman–Crippen LogP) is 1.18. The van der Waals surface area contributed by atoms with Crippen LogP contribution in [-0.4, -0.2) is 29.9 Å². The van der Waals surface area contributed by atoms with E-state index in [0.717, 1.165) is 5.56 Å². The quantitative estimate of drug-likeness (QED) is 0.634. The van der Waals surface area contributed by atoms with Crippen LogP contribution in [0.1, 0.15) is 5.56 Å². The second-order valence-corrected chi connectivity index (χ2v) is 2.85. The number of amides is 1. The average Bonchev–Trinajstić information content (AvgIpc) is 2.15. The van der Waals surface area contributed by atoms with Crippen molar-refractivity contribution in [1.29, 1.82) is 0 Å². The normalized spacial score (nSPS) is 10.3. The molecule has 0 saturated heterocycles. The summed E-state index contributed by atoms with van der Waals surface area (Å²) >= 11 is 0. The van der Waals surface area contributed by atoms with Crippen LogP contribution in [0.15, 0.2) is 30.6 Å². The Bertz CT molecular complexity index is 304. The summed E-state index contributed by atoms with van der Waals surface area (Å²) in [6.07, 6.45) is 6.68. The molecule has 0 aliphatic heterocycles. The zero-order valence-corrected chi connectivity index (χ0v) is 7.77. The molecule has 0 radical (unpaired) electrons. The number of likely N-dealkylation sites (N-methyl/N-ethyl adjacent to an activating group) is 1. The molecule has 68 valence electrons. The summed E-state index contributed by atoms with van der Waals surface area (Å²) in [5, 5.41) is 0. The van der Waals surface area contributed by atoms with Crippen molar-refractivity contribution < 1.29 is 4.79 Å². The molecule has 0 fully saturated rings. The van der Waals surface area contributed by atoms with Crippen molar-refractivity contribution >= 4 is 12.0 Å². The van der Waals surface area contributed by atoms with Crippen LogP contribution in [0.4, 0.5) is 0 Å². The van der Waals surface area contributed by atoms with Gasteiger partial charge in [-0.2, -0.15) is 0 Å². The summed E-state index contributed by atoms with van der Waals surface area (Å²) in [6, 6.07) is 3.73. The third-order valence-corrected chi connectivity index (χ3v) is 1.54. The second kappa shape index (κ2) is 4.40. The number of hydrogen-bond donors (Lipinski definition) is 0. The Balaban J connectivity index is 2.64. The molecular formula is C10H12N2O. The molecule has 0 atom stereocenters. The molecule has 3 nitrogen and oxygen atoms in total. The summed E-state index contributed by atoms with van der Waals surface area (Å²) in [4.78, 5) is 16.6. The van der Waals surface area contributed by atoms with Gasteiger partial charge in [0.15, 0.2) is 0 Å². The topological polar surface area (TPSA) is 33.2 Å². The predicted molar refractivity (Wildman–Crippen MR) is 52.0 cm³/mol. The van der Waals surface area contributed by atoms with E-state index in [0.29, 0.717) is 0 Å². The molecule has 0 spiro atoms. The summed E-state index contributed by atoms with van der Waals surface area (Å²) in [5.74, 6) is -0.0242. The van der Waals surface area contributed by atoms with Crippen LogP contribution < -0.4 is 0 Å². The van der Waals surface area contributed by atoms with E-state index in [9.17, 15) is 4.79 Å². The first kappa shape index (κ1) is 9.45. The van der Waals surface area contributed by atoms with Gasteiger partial charge >= 0.3 is 0 Å². The Morgan fingerprint density at radius 2 is 2.31 bits per heavy atom. The van der Waals surface area contributed by atoms with E-state index in [-0.39, 0.29) is 5.91 Å². The first-order chi connectivity index (χ1) is 6.20. The Labute approximate surface area is 77.7 Å². The molecular weight excluding hydrogens is 164 g/mol. The van der Waals surface area contributed by atoms with E-state index < -0.39 is 0 Å². The van der Waals surface area contributed by atoms with E-state index in [1.54, 1.807) is 32.6 Å². The molecule has 0 aromatic carbocycles. The Hall–Kier alpha value is -1.64. The maximum absolute atomic E-state index is 11.1. The lowest BCUT2D eigenvalue weighted by Crippen LogP contribution is -2.18. The third kappa shape index (κ3) is 3.07. The number of aromatic nitrogens is 1. The molecule has 3 heteroatoms. The standard InChI is InChI=1S/C10H12N2O/c1-12(2)10(13)6-5-9-4-3-7-11-8-9/h3-8H,1-2H3. The number of pyridine rings is 1. The molecule has 1 amide bonds. The van der Waals surface area contributed by atoms with Gasteiger partial charge in [0.05, 0.1) is 0 Å². The van der Waals surface area contributed by atoms with Gasteiger partial charge in [0, 0.05) is 32.6 Å². The smallest absolute Gasteiger partial charge is 0.246 e. The van der Waals surface area contributed by atoms with Crippen LogP contribution in [0.25, 0.3) is 6.08 Å². The summed E-state index contributed by atoms with van der Waals surface area (Å²) in [5.41, 5.74) is 0.928. The fraction of sp³-hybridized carbons (Fsp3) is 0.200. The van der Waals surface area contributed by atoms with Crippen LogP contribution in [0.5, 0.6) is 0 Å². The van der Waals surface area contributed by atoms with Crippen molar-refractivity contribution in [2.45, 2.75) is 0 Å². The number of nitrogens with zero attached hydrogens (tertiary/aromatic N) is 2. The van der Waals surface area contributed by atoms with Gasteiger partial charge in [-0.1, -0.05) is 6.07 Å². The van der Waals surface area contributed by atoms with Crippen LogP contribution in [-0.2, 0) is 4.79 Å². The number of rotatable bonds is 2. The number of hydrogen-bond acceptors (Lipinski definition) is 2. The third-order valence-electron chi connectivity index (χ3n) is 1.54. The maximum atomic E-state index is 11.1.